The van der Waals surface area contributed by atoms with Gasteiger partial charge in [0.1, 0.15) is 5.75 Å². The molecule has 1 aromatic heterocycles. The first-order valence-corrected chi connectivity index (χ1v) is 7.61. The van der Waals surface area contributed by atoms with Crippen LogP contribution in [0.4, 0.5) is 0 Å². The maximum Gasteiger partial charge on any atom is 0.264 e. The highest BCUT2D eigenvalue weighted by Gasteiger charge is 2.31. The number of hydrogen-bond acceptors (Lipinski definition) is 3. The van der Waals surface area contributed by atoms with Gasteiger partial charge in [0.25, 0.3) is 5.91 Å². The van der Waals surface area contributed by atoms with E-state index in [-0.39, 0.29) is 5.91 Å². The highest BCUT2D eigenvalue weighted by atomic mass is 35.5. The average molecular weight is 308 g/mol. The van der Waals surface area contributed by atoms with Gasteiger partial charge in [-0.25, -0.2) is 0 Å². The van der Waals surface area contributed by atoms with Crippen molar-refractivity contribution in [3.8, 4) is 5.75 Å². The number of carbonyl (C=O) groups excluding carboxylic acids is 1. The lowest BCUT2D eigenvalue weighted by Crippen LogP contribution is -2.38. The predicted molar refractivity (Wildman–Crippen MR) is 80.4 cm³/mol. The summed E-state index contributed by atoms with van der Waals surface area (Å²) in [5, 5.41) is 2.68. The van der Waals surface area contributed by atoms with Crippen molar-refractivity contribution >= 4 is 28.8 Å². The molecule has 5 heteroatoms. The number of rotatable bonds is 3. The number of nitrogens with zero attached hydrogens (tertiary/aromatic N) is 1. The van der Waals surface area contributed by atoms with E-state index < -0.39 is 6.10 Å². The molecule has 3 rings (SSSR count). The molecule has 1 aliphatic heterocycles. The molecule has 1 amide bonds. The van der Waals surface area contributed by atoms with Crippen LogP contribution in [0.5, 0.6) is 5.75 Å². The van der Waals surface area contributed by atoms with Gasteiger partial charge < -0.3 is 9.64 Å². The molecule has 3 nitrogen and oxygen atoms in total. The number of fused-ring (bicyclic) bond motifs is 1. The maximum atomic E-state index is 12.4. The Balaban J connectivity index is 1.67. The van der Waals surface area contributed by atoms with Crippen molar-refractivity contribution in [1.29, 1.82) is 0 Å². The molecule has 1 aromatic carbocycles. The molecule has 2 aromatic rings. The van der Waals surface area contributed by atoms with Crippen LogP contribution in [0, 0.1) is 0 Å². The minimum absolute atomic E-state index is 0.00530. The fourth-order valence-electron chi connectivity index (χ4n) is 2.31. The van der Waals surface area contributed by atoms with Crippen LogP contribution in [-0.2, 0) is 17.8 Å². The summed E-state index contributed by atoms with van der Waals surface area (Å²) >= 11 is 7.61. The van der Waals surface area contributed by atoms with Gasteiger partial charge in [0, 0.05) is 23.4 Å². The molecule has 104 valence electrons. The number of halogens is 1. The van der Waals surface area contributed by atoms with Crippen LogP contribution in [0.3, 0.4) is 0 Å². The van der Waals surface area contributed by atoms with Gasteiger partial charge in [0.15, 0.2) is 6.10 Å². The van der Waals surface area contributed by atoms with E-state index in [1.54, 1.807) is 29.4 Å². The summed E-state index contributed by atoms with van der Waals surface area (Å²) in [6.07, 6.45) is 0.150. The number of likely N-dealkylation sites (N-methyl/N-ethyl adjacent to an activating group) is 1. The largest absolute Gasteiger partial charge is 0.480 e. The second kappa shape index (κ2) is 5.46. The van der Waals surface area contributed by atoms with Crippen LogP contribution in [0.1, 0.15) is 10.4 Å². The van der Waals surface area contributed by atoms with Gasteiger partial charge in [0.05, 0.1) is 6.54 Å². The predicted octanol–water partition coefficient (Wildman–Crippen LogP) is 3.36. The Morgan fingerprint density at radius 1 is 1.50 bits per heavy atom. The van der Waals surface area contributed by atoms with Gasteiger partial charge in [-0.3, -0.25) is 4.79 Å². The second-order valence-corrected chi connectivity index (χ2v) is 6.31. The second-order valence-electron chi connectivity index (χ2n) is 4.84. The Labute approximate surface area is 126 Å². The zero-order valence-corrected chi connectivity index (χ0v) is 12.6. The van der Waals surface area contributed by atoms with Gasteiger partial charge >= 0.3 is 0 Å². The number of hydrogen-bond donors (Lipinski definition) is 0. The van der Waals surface area contributed by atoms with Crippen molar-refractivity contribution in [2.75, 3.05) is 7.05 Å². The molecular weight excluding hydrogens is 294 g/mol. The van der Waals surface area contributed by atoms with Crippen LogP contribution in [0.2, 0.25) is 5.02 Å². The molecule has 0 bridgehead atoms. The Morgan fingerprint density at radius 2 is 2.35 bits per heavy atom. The van der Waals surface area contributed by atoms with E-state index in [4.69, 9.17) is 16.3 Å². The number of ether oxygens (including phenoxy) is 1. The third kappa shape index (κ3) is 2.67. The summed E-state index contributed by atoms with van der Waals surface area (Å²) in [6, 6.07) is 9.48. The average Bonchev–Trinajstić information content (AvgIpc) is 3.06. The fourth-order valence-corrected chi connectivity index (χ4v) is 3.27. The van der Waals surface area contributed by atoms with Gasteiger partial charge in [-0.2, -0.15) is 0 Å². The minimum atomic E-state index is -0.437. The normalized spacial score (nSPS) is 16.6. The summed E-state index contributed by atoms with van der Waals surface area (Å²) in [7, 11) is 1.81. The standard InChI is InChI=1S/C15H14ClNO2S/c1-17(9-12-3-2-6-20-12)15(18)14-8-10-7-11(16)4-5-13(10)19-14/h2-7,14H,8-9H2,1H3/t14-/m0/s1. The van der Waals surface area contributed by atoms with Crippen molar-refractivity contribution in [2.45, 2.75) is 19.1 Å². The van der Waals surface area contributed by atoms with E-state index in [2.05, 4.69) is 0 Å². The molecule has 0 aliphatic carbocycles. The van der Waals surface area contributed by atoms with E-state index in [9.17, 15) is 4.79 Å². The van der Waals surface area contributed by atoms with Crippen molar-refractivity contribution in [3.05, 3.63) is 51.2 Å². The summed E-state index contributed by atoms with van der Waals surface area (Å²) in [6.45, 7) is 0.619. The lowest BCUT2D eigenvalue weighted by molar-refractivity contribution is -0.137. The first-order valence-electron chi connectivity index (χ1n) is 6.36. The third-order valence-corrected chi connectivity index (χ3v) is 4.42. The first kappa shape index (κ1) is 13.5. The van der Waals surface area contributed by atoms with Crippen molar-refractivity contribution < 1.29 is 9.53 Å². The van der Waals surface area contributed by atoms with Crippen molar-refractivity contribution in [3.63, 3.8) is 0 Å². The Hall–Kier alpha value is -1.52. The van der Waals surface area contributed by atoms with Gasteiger partial charge in [-0.1, -0.05) is 17.7 Å². The molecule has 0 unspecified atom stereocenters. The van der Waals surface area contributed by atoms with Crippen molar-refractivity contribution in [1.82, 2.24) is 4.90 Å². The van der Waals surface area contributed by atoms with E-state index in [1.165, 1.54) is 4.88 Å². The van der Waals surface area contributed by atoms with E-state index in [0.29, 0.717) is 18.0 Å². The molecule has 1 aliphatic rings. The lowest BCUT2D eigenvalue weighted by atomic mass is 10.1. The smallest absolute Gasteiger partial charge is 0.264 e. The first-order chi connectivity index (χ1) is 9.63. The van der Waals surface area contributed by atoms with E-state index in [0.717, 1.165) is 11.3 Å². The molecule has 0 fully saturated rings. The summed E-state index contributed by atoms with van der Waals surface area (Å²) < 4.78 is 5.72. The Kier molecular flexibility index (Phi) is 3.68. The van der Waals surface area contributed by atoms with Gasteiger partial charge in [-0.05, 0) is 35.2 Å². The highest BCUT2D eigenvalue weighted by Crippen LogP contribution is 2.31. The minimum Gasteiger partial charge on any atom is -0.480 e. The Morgan fingerprint density at radius 3 is 3.10 bits per heavy atom. The summed E-state index contributed by atoms with van der Waals surface area (Å²) in [5.41, 5.74) is 1.00. The quantitative estimate of drug-likeness (QED) is 0.870. The van der Waals surface area contributed by atoms with Gasteiger partial charge in [0.2, 0.25) is 0 Å². The molecule has 0 saturated carbocycles. The molecule has 0 spiro atoms. The van der Waals surface area contributed by atoms with E-state index >= 15 is 0 Å². The molecule has 0 radical (unpaired) electrons. The van der Waals surface area contributed by atoms with Crippen LogP contribution >= 0.6 is 22.9 Å². The third-order valence-electron chi connectivity index (χ3n) is 3.32. The zero-order chi connectivity index (χ0) is 14.1. The van der Waals surface area contributed by atoms with Gasteiger partial charge in [-0.15, -0.1) is 11.3 Å². The Bertz CT molecular complexity index is 627. The molecule has 0 saturated heterocycles. The van der Waals surface area contributed by atoms with Crippen LogP contribution in [0.25, 0.3) is 0 Å². The molecular formula is C15H14ClNO2S. The number of thiophene rings is 1. The number of benzene rings is 1. The van der Waals surface area contributed by atoms with Crippen LogP contribution < -0.4 is 4.74 Å². The highest BCUT2D eigenvalue weighted by molar-refractivity contribution is 7.09. The topological polar surface area (TPSA) is 29.5 Å². The molecule has 0 N–H and O–H groups in total. The summed E-state index contributed by atoms with van der Waals surface area (Å²) in [5.74, 6) is 0.767. The van der Waals surface area contributed by atoms with E-state index in [1.807, 2.05) is 29.6 Å². The maximum absolute atomic E-state index is 12.4. The van der Waals surface area contributed by atoms with Crippen LogP contribution in [0.15, 0.2) is 35.7 Å². The summed E-state index contributed by atoms with van der Waals surface area (Å²) in [4.78, 5) is 15.3. The number of amides is 1. The number of carbonyl (C=O) groups is 1. The lowest BCUT2D eigenvalue weighted by Gasteiger charge is -2.20. The zero-order valence-electron chi connectivity index (χ0n) is 11.0. The molecule has 1 atom stereocenters. The van der Waals surface area contributed by atoms with Crippen molar-refractivity contribution in [2.24, 2.45) is 0 Å². The molecule has 20 heavy (non-hydrogen) atoms. The molecule has 2 heterocycles. The fraction of sp³-hybridized carbons (Fsp3) is 0.267. The SMILES string of the molecule is CN(Cc1cccs1)C(=O)[C@@H]1Cc2cc(Cl)ccc2O1. The monoisotopic (exact) mass is 307 g/mol. The van der Waals surface area contributed by atoms with Crippen LogP contribution in [-0.4, -0.2) is 24.0 Å².